The predicted molar refractivity (Wildman–Crippen MR) is 120 cm³/mol. The van der Waals surface area contributed by atoms with Crippen LogP contribution in [0.4, 0.5) is 32.0 Å². The number of rotatable bonds is 4. The van der Waals surface area contributed by atoms with Gasteiger partial charge in [-0.2, -0.15) is 13.2 Å². The molecule has 1 N–H and O–H groups in total. The number of fused-ring (bicyclic) bond motifs is 1. The Balaban J connectivity index is 1.51. The van der Waals surface area contributed by atoms with Gasteiger partial charge in [-0.3, -0.25) is 9.59 Å². The van der Waals surface area contributed by atoms with Crippen molar-refractivity contribution in [3.05, 3.63) is 98.8 Å². The standard InChI is InChI=1S/C25H17ClF6N2O2/c26-19-5-2-14-12-34(24(36)17-11-15(27)3-6-20(17)28)8-7-16(14)23(19)33-22(35)10-13-1-4-18(21(29)9-13)25(30,31)32/h1-6,9,11H,7-8,10,12H2,(H,33,35). The molecule has 0 bridgehead atoms. The smallest absolute Gasteiger partial charge is 0.334 e. The van der Waals surface area contributed by atoms with E-state index in [0.717, 1.165) is 24.3 Å². The van der Waals surface area contributed by atoms with Crippen molar-refractivity contribution in [1.29, 1.82) is 0 Å². The van der Waals surface area contributed by atoms with Gasteiger partial charge in [-0.25, -0.2) is 13.2 Å². The number of nitrogens with one attached hydrogen (secondary N) is 1. The second-order valence-electron chi connectivity index (χ2n) is 8.20. The first-order chi connectivity index (χ1) is 16.9. The lowest BCUT2D eigenvalue weighted by atomic mass is 9.96. The lowest BCUT2D eigenvalue weighted by molar-refractivity contribution is -0.140. The minimum atomic E-state index is -4.85. The molecule has 0 saturated carbocycles. The molecule has 188 valence electrons. The van der Waals surface area contributed by atoms with Gasteiger partial charge in [0.25, 0.3) is 5.91 Å². The SMILES string of the molecule is O=C(Cc1ccc(C(F)(F)F)c(F)c1)Nc1c(Cl)ccc2c1CCN(C(=O)c1cc(F)ccc1F)C2. The highest BCUT2D eigenvalue weighted by Crippen LogP contribution is 2.34. The summed E-state index contributed by atoms with van der Waals surface area (Å²) in [6, 6.07) is 7.98. The summed E-state index contributed by atoms with van der Waals surface area (Å²) in [5.41, 5.74) is -0.290. The Morgan fingerprint density at radius 2 is 1.72 bits per heavy atom. The van der Waals surface area contributed by atoms with Gasteiger partial charge in [0.1, 0.15) is 17.5 Å². The molecule has 0 radical (unpaired) electrons. The maximum absolute atomic E-state index is 14.1. The van der Waals surface area contributed by atoms with E-state index >= 15 is 0 Å². The van der Waals surface area contributed by atoms with Gasteiger partial charge in [0.15, 0.2) is 0 Å². The van der Waals surface area contributed by atoms with E-state index < -0.39 is 53.0 Å². The molecule has 0 fully saturated rings. The van der Waals surface area contributed by atoms with Crippen LogP contribution in [0.1, 0.15) is 32.6 Å². The summed E-state index contributed by atoms with van der Waals surface area (Å²) in [5.74, 6) is -4.41. The first-order valence-electron chi connectivity index (χ1n) is 10.6. The van der Waals surface area contributed by atoms with Gasteiger partial charge in [-0.1, -0.05) is 23.7 Å². The van der Waals surface area contributed by atoms with Crippen molar-refractivity contribution in [3.63, 3.8) is 0 Å². The summed E-state index contributed by atoms with van der Waals surface area (Å²) in [6.45, 7) is 0.184. The van der Waals surface area contributed by atoms with Crippen LogP contribution in [-0.4, -0.2) is 23.3 Å². The van der Waals surface area contributed by atoms with Gasteiger partial charge in [0, 0.05) is 13.1 Å². The second kappa shape index (κ2) is 9.85. The summed E-state index contributed by atoms with van der Waals surface area (Å²) in [7, 11) is 0. The van der Waals surface area contributed by atoms with E-state index in [-0.39, 0.29) is 35.8 Å². The third kappa shape index (κ3) is 5.33. The number of anilines is 1. The summed E-state index contributed by atoms with van der Waals surface area (Å²) in [4.78, 5) is 26.7. The molecule has 4 nitrogen and oxygen atoms in total. The predicted octanol–water partition coefficient (Wildman–Crippen LogP) is 6.16. The molecule has 3 aromatic rings. The molecule has 11 heteroatoms. The number of benzene rings is 3. The lowest BCUT2D eigenvalue weighted by Gasteiger charge is -2.30. The quantitative estimate of drug-likeness (QED) is 0.414. The monoisotopic (exact) mass is 526 g/mol. The Morgan fingerprint density at radius 1 is 0.972 bits per heavy atom. The van der Waals surface area contributed by atoms with Crippen molar-refractivity contribution in [1.82, 2.24) is 4.90 Å². The van der Waals surface area contributed by atoms with Crippen LogP contribution in [0.25, 0.3) is 0 Å². The van der Waals surface area contributed by atoms with Gasteiger partial charge in [-0.05, 0) is 59.5 Å². The third-order valence-electron chi connectivity index (χ3n) is 5.77. The molecule has 0 aromatic heterocycles. The Bertz CT molecular complexity index is 1360. The highest BCUT2D eigenvalue weighted by molar-refractivity contribution is 6.34. The number of hydrogen-bond donors (Lipinski definition) is 1. The Morgan fingerprint density at radius 3 is 2.42 bits per heavy atom. The maximum atomic E-state index is 14.1. The van der Waals surface area contributed by atoms with E-state index in [0.29, 0.717) is 23.3 Å². The van der Waals surface area contributed by atoms with Crippen LogP contribution >= 0.6 is 11.6 Å². The number of alkyl halides is 3. The number of carbonyl (C=O) groups excluding carboxylic acids is 2. The molecule has 4 rings (SSSR count). The summed E-state index contributed by atoms with van der Waals surface area (Å²) >= 11 is 6.27. The van der Waals surface area contributed by atoms with Crippen LogP contribution in [0.5, 0.6) is 0 Å². The summed E-state index contributed by atoms with van der Waals surface area (Å²) in [5, 5.41) is 2.81. The summed E-state index contributed by atoms with van der Waals surface area (Å²) in [6.07, 6.45) is -5.02. The average Bonchev–Trinajstić information content (AvgIpc) is 2.81. The number of nitrogens with zero attached hydrogens (tertiary/aromatic N) is 1. The molecule has 1 heterocycles. The zero-order chi connectivity index (χ0) is 26.2. The topological polar surface area (TPSA) is 49.4 Å². The van der Waals surface area contributed by atoms with Crippen LogP contribution in [0.15, 0.2) is 48.5 Å². The van der Waals surface area contributed by atoms with Gasteiger partial charge in [-0.15, -0.1) is 0 Å². The maximum Gasteiger partial charge on any atom is 0.419 e. The fraction of sp³-hybridized carbons (Fsp3) is 0.200. The molecule has 1 aliphatic heterocycles. The lowest BCUT2D eigenvalue weighted by Crippen LogP contribution is -2.37. The van der Waals surface area contributed by atoms with Crippen molar-refractivity contribution in [2.45, 2.75) is 25.6 Å². The fourth-order valence-corrected chi connectivity index (χ4v) is 4.26. The zero-order valence-corrected chi connectivity index (χ0v) is 19.1. The Kier molecular flexibility index (Phi) is 6.99. The molecule has 3 aromatic carbocycles. The third-order valence-corrected chi connectivity index (χ3v) is 6.08. The average molecular weight is 527 g/mol. The zero-order valence-electron chi connectivity index (χ0n) is 18.4. The molecular weight excluding hydrogens is 510 g/mol. The minimum Gasteiger partial charge on any atom is -0.334 e. The van der Waals surface area contributed by atoms with E-state index in [1.54, 1.807) is 6.07 Å². The van der Waals surface area contributed by atoms with Crippen LogP contribution in [0.3, 0.4) is 0 Å². The van der Waals surface area contributed by atoms with E-state index in [9.17, 15) is 35.9 Å². The van der Waals surface area contributed by atoms with Crippen molar-refractivity contribution in [2.75, 3.05) is 11.9 Å². The van der Waals surface area contributed by atoms with Crippen LogP contribution < -0.4 is 5.32 Å². The number of amides is 2. The van der Waals surface area contributed by atoms with E-state index in [1.807, 2.05) is 0 Å². The second-order valence-corrected chi connectivity index (χ2v) is 8.61. The van der Waals surface area contributed by atoms with Crippen molar-refractivity contribution < 1.29 is 35.9 Å². The molecular formula is C25H17ClF6N2O2. The van der Waals surface area contributed by atoms with E-state index in [2.05, 4.69) is 5.32 Å². The summed E-state index contributed by atoms with van der Waals surface area (Å²) < 4.78 is 79.7. The van der Waals surface area contributed by atoms with Crippen LogP contribution in [0, 0.1) is 17.5 Å². The van der Waals surface area contributed by atoms with Gasteiger partial charge < -0.3 is 10.2 Å². The van der Waals surface area contributed by atoms with Crippen molar-refractivity contribution in [3.8, 4) is 0 Å². The fourth-order valence-electron chi connectivity index (χ4n) is 4.04. The number of halogens is 7. The molecule has 0 spiro atoms. The van der Waals surface area contributed by atoms with Gasteiger partial charge in [0.2, 0.25) is 5.91 Å². The molecule has 1 aliphatic rings. The van der Waals surface area contributed by atoms with Crippen molar-refractivity contribution >= 4 is 29.1 Å². The van der Waals surface area contributed by atoms with Gasteiger partial charge >= 0.3 is 6.18 Å². The van der Waals surface area contributed by atoms with Crippen LogP contribution in [-0.2, 0) is 30.4 Å². The van der Waals surface area contributed by atoms with Gasteiger partial charge in [0.05, 0.1) is 28.3 Å². The first-order valence-corrected chi connectivity index (χ1v) is 11.0. The molecule has 0 aliphatic carbocycles. The number of carbonyl (C=O) groups is 2. The highest BCUT2D eigenvalue weighted by atomic mass is 35.5. The van der Waals surface area contributed by atoms with Crippen LogP contribution in [0.2, 0.25) is 5.02 Å². The van der Waals surface area contributed by atoms with Crippen molar-refractivity contribution in [2.24, 2.45) is 0 Å². The highest BCUT2D eigenvalue weighted by Gasteiger charge is 2.34. The Labute approximate surface area is 206 Å². The first kappa shape index (κ1) is 25.6. The molecule has 0 saturated heterocycles. The van der Waals surface area contributed by atoms with E-state index in [1.165, 1.54) is 11.0 Å². The minimum absolute atomic E-state index is 0.0350. The molecule has 0 atom stereocenters. The molecule has 0 unspecified atom stereocenters. The normalized spacial score (nSPS) is 13.4. The Hall–Kier alpha value is -3.53. The molecule has 36 heavy (non-hydrogen) atoms. The number of hydrogen-bond acceptors (Lipinski definition) is 2. The van der Waals surface area contributed by atoms with E-state index in [4.69, 9.17) is 11.6 Å². The molecule has 2 amide bonds. The largest absolute Gasteiger partial charge is 0.419 e.